The lowest BCUT2D eigenvalue weighted by molar-refractivity contribution is 0.414. The van der Waals surface area contributed by atoms with Crippen molar-refractivity contribution in [3.05, 3.63) is 40.9 Å². The SMILES string of the molecule is COc1ccc(C(C)/C(=C\Cl)CN)cc1.Cl. The Morgan fingerprint density at radius 2 is 2.00 bits per heavy atom. The van der Waals surface area contributed by atoms with Crippen molar-refractivity contribution in [1.29, 1.82) is 0 Å². The first-order valence-electron chi connectivity index (χ1n) is 4.86. The van der Waals surface area contributed by atoms with E-state index in [2.05, 4.69) is 6.92 Å². The highest BCUT2D eigenvalue weighted by molar-refractivity contribution is 6.25. The molecular formula is C12H17Cl2NO. The van der Waals surface area contributed by atoms with Crippen molar-refractivity contribution in [3.8, 4) is 5.75 Å². The van der Waals surface area contributed by atoms with E-state index in [1.54, 1.807) is 12.6 Å². The third-order valence-corrected chi connectivity index (χ3v) is 2.83. The normalized spacial score (nSPS) is 12.9. The summed E-state index contributed by atoms with van der Waals surface area (Å²) in [5.74, 6) is 1.11. The van der Waals surface area contributed by atoms with Crippen molar-refractivity contribution in [2.24, 2.45) is 5.73 Å². The number of hydrogen-bond donors (Lipinski definition) is 1. The second kappa shape index (κ2) is 7.55. The Bertz CT molecular complexity index is 335. The molecule has 0 aliphatic rings. The highest BCUT2D eigenvalue weighted by Crippen LogP contribution is 2.25. The minimum Gasteiger partial charge on any atom is -0.497 e. The maximum Gasteiger partial charge on any atom is 0.118 e. The molecule has 0 amide bonds. The number of nitrogens with two attached hydrogens (primary N) is 1. The van der Waals surface area contributed by atoms with Crippen LogP contribution in [-0.2, 0) is 0 Å². The summed E-state index contributed by atoms with van der Waals surface area (Å²) >= 11 is 5.70. The van der Waals surface area contributed by atoms with Gasteiger partial charge < -0.3 is 10.5 Å². The highest BCUT2D eigenvalue weighted by atomic mass is 35.5. The van der Waals surface area contributed by atoms with Gasteiger partial charge in [0.1, 0.15) is 5.75 Å². The second-order valence-corrected chi connectivity index (χ2v) is 3.60. The number of ether oxygens (including phenoxy) is 1. The van der Waals surface area contributed by atoms with Crippen molar-refractivity contribution in [3.63, 3.8) is 0 Å². The van der Waals surface area contributed by atoms with Crippen molar-refractivity contribution in [2.45, 2.75) is 12.8 Å². The standard InChI is InChI=1S/C12H16ClNO.ClH/c1-9(11(7-13)8-14)10-3-5-12(15-2)6-4-10;/h3-7,9H,8,14H2,1-2H3;1H/b11-7-;. The molecule has 0 aromatic heterocycles. The molecule has 1 aromatic carbocycles. The van der Waals surface area contributed by atoms with Gasteiger partial charge in [-0.3, -0.25) is 0 Å². The Labute approximate surface area is 108 Å². The minimum atomic E-state index is 0. The van der Waals surface area contributed by atoms with Crippen LogP contribution in [-0.4, -0.2) is 13.7 Å². The van der Waals surface area contributed by atoms with Crippen LogP contribution in [0.25, 0.3) is 0 Å². The molecule has 1 unspecified atom stereocenters. The molecule has 1 atom stereocenters. The van der Waals surface area contributed by atoms with E-state index in [0.29, 0.717) is 6.54 Å². The Hall–Kier alpha value is -0.700. The molecule has 0 aliphatic carbocycles. The molecule has 4 heteroatoms. The van der Waals surface area contributed by atoms with E-state index in [1.807, 2.05) is 24.3 Å². The third-order valence-electron chi connectivity index (χ3n) is 2.55. The quantitative estimate of drug-likeness (QED) is 0.903. The van der Waals surface area contributed by atoms with E-state index in [9.17, 15) is 0 Å². The molecule has 0 fully saturated rings. The van der Waals surface area contributed by atoms with E-state index >= 15 is 0 Å². The van der Waals surface area contributed by atoms with Crippen LogP contribution in [0.5, 0.6) is 5.75 Å². The van der Waals surface area contributed by atoms with Gasteiger partial charge in [-0.25, -0.2) is 0 Å². The van der Waals surface area contributed by atoms with Crippen LogP contribution in [0.2, 0.25) is 0 Å². The predicted molar refractivity (Wildman–Crippen MR) is 71.6 cm³/mol. The van der Waals surface area contributed by atoms with E-state index in [4.69, 9.17) is 22.1 Å². The first-order valence-corrected chi connectivity index (χ1v) is 5.29. The van der Waals surface area contributed by atoms with E-state index in [1.165, 1.54) is 5.56 Å². The fourth-order valence-corrected chi connectivity index (χ4v) is 1.70. The zero-order chi connectivity index (χ0) is 11.3. The summed E-state index contributed by atoms with van der Waals surface area (Å²) in [5.41, 5.74) is 9.38. The molecule has 0 radical (unpaired) electrons. The van der Waals surface area contributed by atoms with Crippen LogP contribution >= 0.6 is 24.0 Å². The molecule has 0 spiro atoms. The molecule has 0 saturated carbocycles. The lowest BCUT2D eigenvalue weighted by Gasteiger charge is -2.14. The average molecular weight is 262 g/mol. The molecule has 90 valence electrons. The molecule has 0 heterocycles. The van der Waals surface area contributed by atoms with Gasteiger partial charge in [0, 0.05) is 18.0 Å². The molecule has 1 rings (SSSR count). The van der Waals surface area contributed by atoms with Crippen molar-refractivity contribution in [2.75, 3.05) is 13.7 Å². The van der Waals surface area contributed by atoms with Gasteiger partial charge in [-0.1, -0.05) is 30.7 Å². The Morgan fingerprint density at radius 3 is 2.38 bits per heavy atom. The first kappa shape index (κ1) is 15.3. The minimum absolute atomic E-state index is 0. The topological polar surface area (TPSA) is 35.2 Å². The Balaban J connectivity index is 0.00000225. The van der Waals surface area contributed by atoms with Gasteiger partial charge in [0.15, 0.2) is 0 Å². The number of benzene rings is 1. The molecular weight excluding hydrogens is 245 g/mol. The molecule has 0 saturated heterocycles. The lowest BCUT2D eigenvalue weighted by Crippen LogP contribution is -2.09. The van der Waals surface area contributed by atoms with Crippen LogP contribution in [0.3, 0.4) is 0 Å². The summed E-state index contributed by atoms with van der Waals surface area (Å²) in [6.45, 7) is 2.57. The van der Waals surface area contributed by atoms with Crippen LogP contribution in [0.1, 0.15) is 18.4 Å². The Morgan fingerprint density at radius 1 is 1.44 bits per heavy atom. The number of rotatable bonds is 4. The zero-order valence-electron chi connectivity index (χ0n) is 9.44. The average Bonchev–Trinajstić information content (AvgIpc) is 2.30. The van der Waals surface area contributed by atoms with Crippen molar-refractivity contribution < 1.29 is 4.74 Å². The second-order valence-electron chi connectivity index (χ2n) is 3.38. The van der Waals surface area contributed by atoms with Crippen LogP contribution in [0.15, 0.2) is 35.4 Å². The van der Waals surface area contributed by atoms with E-state index < -0.39 is 0 Å². The summed E-state index contributed by atoms with van der Waals surface area (Å²) in [6.07, 6.45) is 0. The molecule has 0 bridgehead atoms. The first-order chi connectivity index (χ1) is 7.22. The smallest absolute Gasteiger partial charge is 0.118 e. The number of hydrogen-bond acceptors (Lipinski definition) is 2. The maximum atomic E-state index is 5.70. The zero-order valence-corrected chi connectivity index (χ0v) is 11.0. The van der Waals surface area contributed by atoms with Gasteiger partial charge in [-0.2, -0.15) is 0 Å². The van der Waals surface area contributed by atoms with Gasteiger partial charge in [-0.05, 0) is 23.3 Å². The molecule has 2 N–H and O–H groups in total. The fraction of sp³-hybridized carbons (Fsp3) is 0.333. The van der Waals surface area contributed by atoms with E-state index in [0.717, 1.165) is 11.3 Å². The van der Waals surface area contributed by atoms with Gasteiger partial charge in [0.25, 0.3) is 0 Å². The molecule has 2 nitrogen and oxygen atoms in total. The highest BCUT2D eigenvalue weighted by Gasteiger charge is 2.09. The number of methoxy groups -OCH3 is 1. The predicted octanol–water partition coefficient (Wildman–Crippen LogP) is 3.30. The Kier molecular flexibility index (Phi) is 7.22. The van der Waals surface area contributed by atoms with Crippen molar-refractivity contribution >= 4 is 24.0 Å². The summed E-state index contributed by atoms with van der Waals surface area (Å²) in [6, 6.07) is 7.93. The van der Waals surface area contributed by atoms with Crippen LogP contribution < -0.4 is 10.5 Å². The van der Waals surface area contributed by atoms with Gasteiger partial charge in [0.05, 0.1) is 7.11 Å². The lowest BCUT2D eigenvalue weighted by atomic mass is 9.94. The fourth-order valence-electron chi connectivity index (χ4n) is 1.42. The van der Waals surface area contributed by atoms with Crippen LogP contribution in [0.4, 0.5) is 0 Å². The van der Waals surface area contributed by atoms with Crippen molar-refractivity contribution in [1.82, 2.24) is 0 Å². The summed E-state index contributed by atoms with van der Waals surface area (Å²) in [5, 5.41) is 0. The number of halogens is 2. The molecule has 16 heavy (non-hydrogen) atoms. The summed E-state index contributed by atoms with van der Waals surface area (Å²) < 4.78 is 5.10. The molecule has 0 aliphatic heterocycles. The molecule has 1 aromatic rings. The van der Waals surface area contributed by atoms with Crippen LogP contribution in [0, 0.1) is 0 Å². The summed E-state index contributed by atoms with van der Waals surface area (Å²) in [7, 11) is 1.66. The summed E-state index contributed by atoms with van der Waals surface area (Å²) in [4.78, 5) is 0. The van der Waals surface area contributed by atoms with Gasteiger partial charge in [-0.15, -0.1) is 12.4 Å². The maximum absolute atomic E-state index is 5.70. The van der Waals surface area contributed by atoms with Gasteiger partial charge in [0.2, 0.25) is 0 Å². The van der Waals surface area contributed by atoms with Gasteiger partial charge >= 0.3 is 0 Å². The largest absolute Gasteiger partial charge is 0.497 e. The third kappa shape index (κ3) is 3.71. The monoisotopic (exact) mass is 261 g/mol. The van der Waals surface area contributed by atoms with E-state index in [-0.39, 0.29) is 18.3 Å².